The molecule has 0 bridgehead atoms. The Bertz CT molecular complexity index is 745. The van der Waals surface area contributed by atoms with E-state index in [0.717, 1.165) is 4.47 Å². The Hall–Kier alpha value is -2.19. The van der Waals surface area contributed by atoms with E-state index < -0.39 is 12.1 Å². The van der Waals surface area contributed by atoms with Crippen molar-refractivity contribution in [2.24, 2.45) is 0 Å². The Morgan fingerprint density at radius 2 is 1.25 bits per heavy atom. The van der Waals surface area contributed by atoms with Gasteiger partial charge in [0.1, 0.15) is 0 Å². The maximum atomic E-state index is 11.0. The van der Waals surface area contributed by atoms with Crippen molar-refractivity contribution in [3.05, 3.63) is 68.6 Å². The second-order valence-electron chi connectivity index (χ2n) is 4.11. The van der Waals surface area contributed by atoms with Crippen molar-refractivity contribution < 1.29 is 29.0 Å². The van der Waals surface area contributed by atoms with Crippen LogP contribution in [0.2, 0.25) is 0 Å². The van der Waals surface area contributed by atoms with Crippen LogP contribution in [0.25, 0.3) is 0 Å². The third-order valence-corrected chi connectivity index (χ3v) is 3.94. The lowest BCUT2D eigenvalue weighted by Gasteiger charge is -2.00. The highest BCUT2D eigenvalue weighted by molar-refractivity contribution is 9.10. The smallest absolute Gasteiger partial charge is 0.465 e. The number of methoxy groups -OCH3 is 1. The van der Waals surface area contributed by atoms with Crippen LogP contribution in [-0.2, 0) is 9.47 Å². The summed E-state index contributed by atoms with van der Waals surface area (Å²) in [5.41, 5.74) is 0.736. The van der Waals surface area contributed by atoms with E-state index in [1.54, 1.807) is 36.4 Å². The van der Waals surface area contributed by atoms with Gasteiger partial charge in [0.2, 0.25) is 0 Å². The van der Waals surface area contributed by atoms with E-state index >= 15 is 0 Å². The Morgan fingerprint density at radius 1 is 0.833 bits per heavy atom. The SMILES string of the molecule is COC(=O)c1ccccc1Br.O=C(O)OC(=O)c1ccccc1Br. The molecular formula is C16H12Br2O6. The number of rotatable bonds is 2. The lowest BCUT2D eigenvalue weighted by Crippen LogP contribution is -2.10. The summed E-state index contributed by atoms with van der Waals surface area (Å²) in [6.45, 7) is 0. The van der Waals surface area contributed by atoms with Gasteiger partial charge >= 0.3 is 18.1 Å². The number of carboxylic acid groups (broad SMARTS) is 1. The lowest BCUT2D eigenvalue weighted by molar-refractivity contribution is 0.0506. The molecule has 0 aliphatic heterocycles. The first-order chi connectivity index (χ1) is 11.4. The van der Waals surface area contributed by atoms with Crippen LogP contribution in [0.5, 0.6) is 0 Å². The predicted octanol–water partition coefficient (Wildman–Crippen LogP) is 4.52. The van der Waals surface area contributed by atoms with Gasteiger partial charge in [-0.15, -0.1) is 0 Å². The summed E-state index contributed by atoms with van der Waals surface area (Å²) in [6, 6.07) is 13.5. The zero-order valence-electron chi connectivity index (χ0n) is 12.4. The molecule has 0 aliphatic rings. The van der Waals surface area contributed by atoms with Crippen LogP contribution in [0.1, 0.15) is 20.7 Å². The Kier molecular flexibility index (Phi) is 8.14. The van der Waals surface area contributed by atoms with E-state index in [1.807, 2.05) is 6.07 Å². The fourth-order valence-corrected chi connectivity index (χ4v) is 2.39. The molecule has 0 spiro atoms. The summed E-state index contributed by atoms with van der Waals surface area (Å²) in [6.07, 6.45) is -1.61. The van der Waals surface area contributed by atoms with E-state index in [9.17, 15) is 14.4 Å². The Morgan fingerprint density at radius 3 is 1.62 bits per heavy atom. The fourth-order valence-electron chi connectivity index (χ4n) is 1.50. The van der Waals surface area contributed by atoms with Crippen LogP contribution in [0, 0.1) is 0 Å². The van der Waals surface area contributed by atoms with Crippen molar-refractivity contribution in [1.82, 2.24) is 0 Å². The summed E-state index contributed by atoms with van der Waals surface area (Å²) >= 11 is 6.33. The molecule has 0 radical (unpaired) electrons. The molecule has 0 unspecified atom stereocenters. The first kappa shape index (κ1) is 19.9. The highest BCUT2D eigenvalue weighted by Crippen LogP contribution is 2.17. The molecule has 1 N–H and O–H groups in total. The average molecular weight is 460 g/mol. The van der Waals surface area contributed by atoms with Gasteiger partial charge in [0.25, 0.3) is 0 Å². The standard InChI is InChI=1S/C8H5BrO4.C8H7BrO2/c9-6-4-2-1-3-5(6)7(10)13-8(11)12;1-11-8(10)6-4-2-3-5-7(6)9/h1-4H,(H,11,12);2-5H,1H3. The monoisotopic (exact) mass is 458 g/mol. The third-order valence-electron chi connectivity index (χ3n) is 2.55. The van der Waals surface area contributed by atoms with Crippen LogP contribution in [0.4, 0.5) is 4.79 Å². The first-order valence-electron chi connectivity index (χ1n) is 6.39. The van der Waals surface area contributed by atoms with Crippen molar-refractivity contribution in [2.75, 3.05) is 7.11 Å². The number of halogens is 2. The number of carbonyl (C=O) groups excluding carboxylic acids is 2. The Balaban J connectivity index is 0.000000243. The van der Waals surface area contributed by atoms with Gasteiger partial charge in [-0.1, -0.05) is 24.3 Å². The maximum Gasteiger partial charge on any atom is 0.513 e. The van der Waals surface area contributed by atoms with Gasteiger partial charge in [0.15, 0.2) is 0 Å². The van der Waals surface area contributed by atoms with Gasteiger partial charge in [0, 0.05) is 8.95 Å². The van der Waals surface area contributed by atoms with Crippen LogP contribution in [-0.4, -0.2) is 30.3 Å². The van der Waals surface area contributed by atoms with Gasteiger partial charge in [-0.05, 0) is 56.1 Å². The molecule has 8 heteroatoms. The molecule has 0 saturated carbocycles. The molecule has 0 atom stereocenters. The molecule has 24 heavy (non-hydrogen) atoms. The molecule has 2 aromatic carbocycles. The van der Waals surface area contributed by atoms with Crippen LogP contribution in [0.3, 0.4) is 0 Å². The van der Waals surface area contributed by atoms with Crippen LogP contribution < -0.4 is 0 Å². The lowest BCUT2D eigenvalue weighted by atomic mass is 10.2. The van der Waals surface area contributed by atoms with Gasteiger partial charge < -0.3 is 14.6 Å². The summed E-state index contributed by atoms with van der Waals surface area (Å²) in [5.74, 6) is -1.21. The first-order valence-corrected chi connectivity index (χ1v) is 7.98. The van der Waals surface area contributed by atoms with Crippen molar-refractivity contribution in [1.29, 1.82) is 0 Å². The molecule has 6 nitrogen and oxygen atoms in total. The third kappa shape index (κ3) is 6.13. The van der Waals surface area contributed by atoms with Crippen molar-refractivity contribution in [3.63, 3.8) is 0 Å². The second kappa shape index (κ2) is 9.84. The quantitative estimate of drug-likeness (QED) is 0.524. The van der Waals surface area contributed by atoms with Gasteiger partial charge in [-0.25, -0.2) is 14.4 Å². The van der Waals surface area contributed by atoms with Crippen LogP contribution >= 0.6 is 31.9 Å². The summed E-state index contributed by atoms with van der Waals surface area (Å²) < 4.78 is 9.77. The molecular weight excluding hydrogens is 448 g/mol. The molecule has 0 amide bonds. The number of esters is 2. The second-order valence-corrected chi connectivity index (χ2v) is 5.82. The van der Waals surface area contributed by atoms with E-state index in [-0.39, 0.29) is 11.5 Å². The molecule has 2 rings (SSSR count). The topological polar surface area (TPSA) is 89.9 Å². The predicted molar refractivity (Wildman–Crippen MR) is 93.1 cm³/mol. The van der Waals surface area contributed by atoms with E-state index in [4.69, 9.17) is 5.11 Å². The number of benzene rings is 2. The maximum absolute atomic E-state index is 11.0. The van der Waals surface area contributed by atoms with Gasteiger partial charge in [0.05, 0.1) is 18.2 Å². The van der Waals surface area contributed by atoms with E-state index in [0.29, 0.717) is 10.0 Å². The molecule has 126 valence electrons. The van der Waals surface area contributed by atoms with Gasteiger partial charge in [-0.3, -0.25) is 0 Å². The van der Waals surface area contributed by atoms with Crippen molar-refractivity contribution in [3.8, 4) is 0 Å². The number of hydrogen-bond acceptors (Lipinski definition) is 5. The molecule has 0 heterocycles. The number of hydrogen-bond donors (Lipinski definition) is 1. The zero-order valence-corrected chi connectivity index (χ0v) is 15.5. The molecule has 0 aromatic heterocycles. The minimum atomic E-state index is -1.61. The highest BCUT2D eigenvalue weighted by Gasteiger charge is 2.13. The molecule has 0 fully saturated rings. The minimum absolute atomic E-state index is 0.185. The molecule has 0 saturated heterocycles. The highest BCUT2D eigenvalue weighted by atomic mass is 79.9. The van der Waals surface area contributed by atoms with E-state index in [2.05, 4.69) is 41.3 Å². The fraction of sp³-hybridized carbons (Fsp3) is 0.0625. The van der Waals surface area contributed by atoms with Crippen molar-refractivity contribution in [2.45, 2.75) is 0 Å². The summed E-state index contributed by atoms with van der Waals surface area (Å²) in [4.78, 5) is 32.1. The normalized spacial score (nSPS) is 9.29. The summed E-state index contributed by atoms with van der Waals surface area (Å²) in [5, 5.41) is 8.18. The Labute approximate surface area is 154 Å². The van der Waals surface area contributed by atoms with Crippen molar-refractivity contribution >= 4 is 50.0 Å². The summed E-state index contributed by atoms with van der Waals surface area (Å²) in [7, 11) is 1.36. The van der Waals surface area contributed by atoms with Gasteiger partial charge in [-0.2, -0.15) is 0 Å². The number of ether oxygens (including phenoxy) is 2. The minimum Gasteiger partial charge on any atom is -0.465 e. The largest absolute Gasteiger partial charge is 0.513 e. The average Bonchev–Trinajstić information content (AvgIpc) is 2.55. The molecule has 0 aliphatic carbocycles. The van der Waals surface area contributed by atoms with E-state index in [1.165, 1.54) is 13.2 Å². The number of carbonyl (C=O) groups is 3. The zero-order chi connectivity index (χ0) is 18.1. The molecule has 2 aromatic rings. The van der Waals surface area contributed by atoms with Crippen LogP contribution in [0.15, 0.2) is 57.5 Å².